The molecule has 6 nitrogen and oxygen atoms in total. The van der Waals surface area contributed by atoms with Crippen LogP contribution in [0.25, 0.3) is 0 Å². The number of nitrogens with zero attached hydrogens (tertiary/aromatic N) is 3. The number of carbonyl (C=O) groups excluding carboxylic acids is 1. The summed E-state index contributed by atoms with van der Waals surface area (Å²) < 4.78 is 5.27. The number of halogens is 2. The van der Waals surface area contributed by atoms with Crippen molar-refractivity contribution in [2.75, 3.05) is 18.9 Å². The van der Waals surface area contributed by atoms with Crippen molar-refractivity contribution < 1.29 is 9.32 Å². The predicted octanol–water partition coefficient (Wildman–Crippen LogP) is 4.13. The maximum absolute atomic E-state index is 12.2. The first-order valence-corrected chi connectivity index (χ1v) is 8.32. The fraction of sp³-hybridized carbons (Fsp3) is 0.438. The van der Waals surface area contributed by atoms with Crippen molar-refractivity contribution in [2.45, 2.75) is 32.7 Å². The van der Waals surface area contributed by atoms with Gasteiger partial charge in [0, 0.05) is 11.6 Å². The third kappa shape index (κ3) is 4.69. The summed E-state index contributed by atoms with van der Waals surface area (Å²) in [5.74, 6) is 1.17. The molecule has 0 aliphatic carbocycles. The van der Waals surface area contributed by atoms with E-state index >= 15 is 0 Å². The lowest BCUT2D eigenvalue weighted by atomic mass is 10.2. The van der Waals surface area contributed by atoms with Crippen LogP contribution in [0.3, 0.4) is 0 Å². The Labute approximate surface area is 151 Å². The average molecular weight is 371 g/mol. The molecule has 0 saturated carbocycles. The van der Waals surface area contributed by atoms with Crippen LogP contribution in [0.5, 0.6) is 0 Å². The molecule has 8 heteroatoms. The highest BCUT2D eigenvalue weighted by Gasteiger charge is 2.21. The van der Waals surface area contributed by atoms with Crippen molar-refractivity contribution >= 4 is 34.8 Å². The molecule has 1 N–H and O–H groups in total. The zero-order valence-electron chi connectivity index (χ0n) is 14.0. The summed E-state index contributed by atoms with van der Waals surface area (Å²) in [6, 6.07) is 4.77. The molecular formula is C16H20Cl2N4O2. The predicted molar refractivity (Wildman–Crippen MR) is 94.5 cm³/mol. The average Bonchev–Trinajstić information content (AvgIpc) is 3.00. The lowest BCUT2D eigenvalue weighted by Gasteiger charge is -2.20. The smallest absolute Gasteiger partial charge is 0.243 e. The van der Waals surface area contributed by atoms with Gasteiger partial charge in [0.2, 0.25) is 11.8 Å². The fourth-order valence-electron chi connectivity index (χ4n) is 1.98. The van der Waals surface area contributed by atoms with E-state index in [9.17, 15) is 4.79 Å². The highest BCUT2D eigenvalue weighted by Crippen LogP contribution is 2.25. The Morgan fingerprint density at radius 3 is 2.58 bits per heavy atom. The van der Waals surface area contributed by atoms with E-state index in [2.05, 4.69) is 15.5 Å². The number of carbonyl (C=O) groups is 1. The second kappa shape index (κ2) is 7.96. The first-order chi connectivity index (χ1) is 11.3. The number of anilines is 1. The van der Waals surface area contributed by atoms with E-state index < -0.39 is 0 Å². The molecule has 0 spiro atoms. The molecule has 0 aliphatic rings. The van der Waals surface area contributed by atoms with Gasteiger partial charge in [-0.25, -0.2) is 0 Å². The summed E-state index contributed by atoms with van der Waals surface area (Å²) >= 11 is 11.8. The van der Waals surface area contributed by atoms with E-state index in [0.29, 0.717) is 27.4 Å². The number of rotatable bonds is 6. The number of benzene rings is 1. The molecule has 0 unspecified atom stereocenters. The molecular weight excluding hydrogens is 351 g/mol. The summed E-state index contributed by atoms with van der Waals surface area (Å²) in [7, 11) is 1.82. The lowest BCUT2D eigenvalue weighted by molar-refractivity contribution is -0.117. The van der Waals surface area contributed by atoms with Gasteiger partial charge in [-0.2, -0.15) is 4.98 Å². The topological polar surface area (TPSA) is 71.3 Å². The van der Waals surface area contributed by atoms with Crippen LogP contribution in [0.2, 0.25) is 10.0 Å². The largest absolute Gasteiger partial charge is 0.338 e. The summed E-state index contributed by atoms with van der Waals surface area (Å²) in [5, 5.41) is 7.56. The van der Waals surface area contributed by atoms with Crippen molar-refractivity contribution in [1.82, 2.24) is 15.0 Å². The van der Waals surface area contributed by atoms with Gasteiger partial charge in [-0.1, -0.05) is 42.2 Å². The zero-order chi connectivity index (χ0) is 17.9. The Balaban J connectivity index is 1.95. The Morgan fingerprint density at radius 1 is 1.29 bits per heavy atom. The first kappa shape index (κ1) is 18.7. The van der Waals surface area contributed by atoms with E-state index in [-0.39, 0.29) is 24.4 Å². The summed E-state index contributed by atoms with van der Waals surface area (Å²) in [4.78, 5) is 18.4. The number of likely N-dealkylation sites (N-methyl/N-ethyl adjacent to an activating group) is 1. The standard InChI is InChI=1S/C16H20Cl2N4O2/c1-9(2)15-20-16(24-21-15)10(3)22(4)8-14(23)19-11-5-6-12(17)13(18)7-11/h5-7,9-10H,8H2,1-4H3,(H,19,23)/t10-/m1/s1. The van der Waals surface area contributed by atoms with Gasteiger partial charge in [-0.3, -0.25) is 9.69 Å². The Kier molecular flexibility index (Phi) is 6.21. The van der Waals surface area contributed by atoms with Gasteiger partial charge in [0.05, 0.1) is 22.6 Å². The van der Waals surface area contributed by atoms with E-state index in [0.717, 1.165) is 0 Å². The Morgan fingerprint density at radius 2 is 2.00 bits per heavy atom. The van der Waals surface area contributed by atoms with Crippen LogP contribution in [-0.2, 0) is 4.79 Å². The molecule has 0 bridgehead atoms. The molecule has 1 aromatic carbocycles. The Bertz CT molecular complexity index is 718. The second-order valence-electron chi connectivity index (χ2n) is 5.91. The molecule has 0 saturated heterocycles. The van der Waals surface area contributed by atoms with Gasteiger partial charge in [-0.15, -0.1) is 0 Å². The van der Waals surface area contributed by atoms with Crippen LogP contribution >= 0.6 is 23.2 Å². The van der Waals surface area contributed by atoms with Crippen molar-refractivity contribution in [3.05, 3.63) is 40.0 Å². The fourth-order valence-corrected chi connectivity index (χ4v) is 2.28. The molecule has 1 aromatic heterocycles. The van der Waals surface area contributed by atoms with Gasteiger partial charge in [0.1, 0.15) is 0 Å². The van der Waals surface area contributed by atoms with E-state index in [4.69, 9.17) is 27.7 Å². The van der Waals surface area contributed by atoms with Crippen LogP contribution in [0.1, 0.15) is 44.4 Å². The normalized spacial score (nSPS) is 12.7. The molecule has 0 fully saturated rings. The van der Waals surface area contributed by atoms with Gasteiger partial charge < -0.3 is 9.84 Å². The minimum atomic E-state index is -0.176. The minimum Gasteiger partial charge on any atom is -0.338 e. The Hall–Kier alpha value is -1.63. The maximum Gasteiger partial charge on any atom is 0.243 e. The summed E-state index contributed by atoms with van der Waals surface area (Å²) in [5.41, 5.74) is 0.593. The van der Waals surface area contributed by atoms with Gasteiger partial charge in [0.15, 0.2) is 5.82 Å². The van der Waals surface area contributed by atoms with Crippen molar-refractivity contribution in [1.29, 1.82) is 0 Å². The van der Waals surface area contributed by atoms with E-state index in [1.54, 1.807) is 18.2 Å². The van der Waals surface area contributed by atoms with Crippen LogP contribution in [0.15, 0.2) is 22.7 Å². The van der Waals surface area contributed by atoms with Crippen LogP contribution in [0.4, 0.5) is 5.69 Å². The van der Waals surface area contributed by atoms with Gasteiger partial charge in [-0.05, 0) is 32.2 Å². The van der Waals surface area contributed by atoms with Crippen LogP contribution in [0, 0.1) is 0 Å². The van der Waals surface area contributed by atoms with Gasteiger partial charge >= 0.3 is 0 Å². The quantitative estimate of drug-likeness (QED) is 0.827. The molecule has 2 aromatic rings. The van der Waals surface area contributed by atoms with Crippen molar-refractivity contribution in [3.8, 4) is 0 Å². The number of aromatic nitrogens is 2. The highest BCUT2D eigenvalue weighted by molar-refractivity contribution is 6.42. The minimum absolute atomic E-state index is 0.167. The van der Waals surface area contributed by atoms with Crippen LogP contribution in [-0.4, -0.2) is 34.5 Å². The molecule has 0 radical (unpaired) electrons. The van der Waals surface area contributed by atoms with Crippen LogP contribution < -0.4 is 5.32 Å². The van der Waals surface area contributed by atoms with E-state index in [1.165, 1.54) is 0 Å². The first-order valence-electron chi connectivity index (χ1n) is 7.56. The molecule has 24 heavy (non-hydrogen) atoms. The maximum atomic E-state index is 12.2. The third-order valence-electron chi connectivity index (χ3n) is 3.59. The monoisotopic (exact) mass is 370 g/mol. The summed E-state index contributed by atoms with van der Waals surface area (Å²) in [6.07, 6.45) is 0. The molecule has 130 valence electrons. The van der Waals surface area contributed by atoms with Crippen molar-refractivity contribution in [2.24, 2.45) is 0 Å². The zero-order valence-corrected chi connectivity index (χ0v) is 15.5. The molecule has 2 rings (SSSR count). The molecule has 1 heterocycles. The van der Waals surface area contributed by atoms with Crippen molar-refractivity contribution in [3.63, 3.8) is 0 Å². The number of nitrogens with one attached hydrogen (secondary N) is 1. The number of amides is 1. The number of hydrogen-bond acceptors (Lipinski definition) is 5. The molecule has 0 aliphatic heterocycles. The molecule has 1 amide bonds. The SMILES string of the molecule is CC(C)c1noc([C@@H](C)N(C)CC(=O)Nc2ccc(Cl)c(Cl)c2)n1. The number of hydrogen-bond donors (Lipinski definition) is 1. The lowest BCUT2D eigenvalue weighted by Crippen LogP contribution is -2.32. The highest BCUT2D eigenvalue weighted by atomic mass is 35.5. The van der Waals surface area contributed by atoms with Gasteiger partial charge in [0.25, 0.3) is 0 Å². The third-order valence-corrected chi connectivity index (χ3v) is 4.33. The second-order valence-corrected chi connectivity index (χ2v) is 6.73. The summed E-state index contributed by atoms with van der Waals surface area (Å²) in [6.45, 7) is 6.06. The van der Waals surface area contributed by atoms with E-state index in [1.807, 2.05) is 32.7 Å². The molecule has 1 atom stereocenters.